The lowest BCUT2D eigenvalue weighted by atomic mass is 9.72. The van der Waals surface area contributed by atoms with E-state index in [4.69, 9.17) is 0 Å². The standard InChI is InChI=1S/C21H26N2O2/c1-22-11-14(21(24)25)9-17-16-7-4-8-18-20(16)13(10-19(17)22)12-23(18)15-5-2-3-6-15/h4,7-8,12,14-15,17,19H,2-3,5-6,9-11H2,1H3,(H,24,25)/t14?,17?,19-/m1/s1. The summed E-state index contributed by atoms with van der Waals surface area (Å²) >= 11 is 0. The first-order valence-corrected chi connectivity index (χ1v) is 9.69. The summed E-state index contributed by atoms with van der Waals surface area (Å²) in [4.78, 5) is 13.9. The van der Waals surface area contributed by atoms with Crippen LogP contribution in [-0.2, 0) is 11.2 Å². The highest BCUT2D eigenvalue weighted by molar-refractivity contribution is 5.89. The Morgan fingerprint density at radius 1 is 1.24 bits per heavy atom. The number of aromatic nitrogens is 1. The Labute approximate surface area is 148 Å². The maximum atomic E-state index is 11.6. The van der Waals surface area contributed by atoms with Crippen molar-refractivity contribution >= 4 is 16.9 Å². The van der Waals surface area contributed by atoms with E-state index in [1.54, 1.807) is 0 Å². The van der Waals surface area contributed by atoms with Gasteiger partial charge in [-0.1, -0.05) is 25.0 Å². The minimum atomic E-state index is -0.646. The Kier molecular flexibility index (Phi) is 3.46. The number of likely N-dealkylation sites (N-methyl/N-ethyl adjacent to an activating group) is 1. The highest BCUT2D eigenvalue weighted by Gasteiger charge is 2.41. The van der Waals surface area contributed by atoms with Gasteiger partial charge in [0.1, 0.15) is 0 Å². The van der Waals surface area contributed by atoms with E-state index in [0.717, 1.165) is 12.8 Å². The van der Waals surface area contributed by atoms with Gasteiger partial charge in [0, 0.05) is 41.6 Å². The summed E-state index contributed by atoms with van der Waals surface area (Å²) < 4.78 is 2.53. The van der Waals surface area contributed by atoms with Crippen LogP contribution in [0.3, 0.4) is 0 Å². The molecule has 0 spiro atoms. The lowest BCUT2D eigenvalue weighted by Crippen LogP contribution is -2.49. The zero-order chi connectivity index (χ0) is 17.1. The Balaban J connectivity index is 1.63. The quantitative estimate of drug-likeness (QED) is 0.906. The smallest absolute Gasteiger partial charge is 0.307 e. The number of nitrogens with zero attached hydrogens (tertiary/aromatic N) is 2. The minimum absolute atomic E-state index is 0.250. The van der Waals surface area contributed by atoms with E-state index in [2.05, 4.69) is 40.9 Å². The second-order valence-corrected chi connectivity index (χ2v) is 8.33. The molecular weight excluding hydrogens is 312 g/mol. The average molecular weight is 338 g/mol. The van der Waals surface area contributed by atoms with Crippen molar-refractivity contribution in [2.45, 2.75) is 56.5 Å². The van der Waals surface area contributed by atoms with Crippen LogP contribution in [0.5, 0.6) is 0 Å². The van der Waals surface area contributed by atoms with Crippen molar-refractivity contribution in [1.82, 2.24) is 9.47 Å². The summed E-state index contributed by atoms with van der Waals surface area (Å²) in [6.45, 7) is 0.672. The van der Waals surface area contributed by atoms with Crippen molar-refractivity contribution in [3.63, 3.8) is 0 Å². The molecule has 1 aromatic heterocycles. The molecule has 132 valence electrons. The number of hydrogen-bond donors (Lipinski definition) is 1. The lowest BCUT2D eigenvalue weighted by Gasteiger charge is -2.44. The summed E-state index contributed by atoms with van der Waals surface area (Å²) in [6, 6.07) is 7.78. The fraction of sp³-hybridized carbons (Fsp3) is 0.571. The van der Waals surface area contributed by atoms with Crippen molar-refractivity contribution in [3.05, 3.63) is 35.5 Å². The van der Waals surface area contributed by atoms with E-state index >= 15 is 0 Å². The van der Waals surface area contributed by atoms with E-state index in [1.807, 2.05) is 0 Å². The van der Waals surface area contributed by atoms with Gasteiger partial charge in [0.15, 0.2) is 0 Å². The Hall–Kier alpha value is -1.81. The largest absolute Gasteiger partial charge is 0.481 e. The molecule has 5 rings (SSSR count). The summed E-state index contributed by atoms with van der Waals surface area (Å²) in [7, 11) is 2.10. The monoisotopic (exact) mass is 338 g/mol. The summed E-state index contributed by atoms with van der Waals surface area (Å²) in [6.07, 6.45) is 9.51. The number of carbonyl (C=O) groups is 1. The van der Waals surface area contributed by atoms with Crippen LogP contribution in [-0.4, -0.2) is 40.2 Å². The normalized spacial score (nSPS) is 29.9. The SMILES string of the molecule is CN1CC(C(=O)O)CC2c3cccc4c3c(cn4C3CCCC3)C[C@H]21. The second kappa shape index (κ2) is 5.60. The van der Waals surface area contributed by atoms with Crippen LogP contribution >= 0.6 is 0 Å². The van der Waals surface area contributed by atoms with E-state index in [0.29, 0.717) is 24.5 Å². The van der Waals surface area contributed by atoms with Gasteiger partial charge in [0.2, 0.25) is 0 Å². The van der Waals surface area contributed by atoms with Crippen molar-refractivity contribution in [2.24, 2.45) is 5.92 Å². The van der Waals surface area contributed by atoms with Crippen molar-refractivity contribution in [3.8, 4) is 0 Å². The fourth-order valence-corrected chi connectivity index (χ4v) is 5.74. The molecule has 25 heavy (non-hydrogen) atoms. The summed E-state index contributed by atoms with van der Waals surface area (Å²) in [5.41, 5.74) is 4.23. The molecule has 1 saturated heterocycles. The van der Waals surface area contributed by atoms with Crippen LogP contribution in [0.25, 0.3) is 10.9 Å². The maximum Gasteiger partial charge on any atom is 0.307 e. The molecule has 0 bridgehead atoms. The molecule has 2 fully saturated rings. The van der Waals surface area contributed by atoms with Crippen molar-refractivity contribution in [1.29, 1.82) is 0 Å². The van der Waals surface area contributed by atoms with E-state index < -0.39 is 5.97 Å². The molecule has 4 nitrogen and oxygen atoms in total. The third kappa shape index (κ3) is 2.27. The van der Waals surface area contributed by atoms with Gasteiger partial charge in [-0.05, 0) is 49.9 Å². The van der Waals surface area contributed by atoms with Gasteiger partial charge >= 0.3 is 5.97 Å². The first-order valence-electron chi connectivity index (χ1n) is 9.69. The molecule has 4 heteroatoms. The third-order valence-corrected chi connectivity index (χ3v) is 6.94. The highest BCUT2D eigenvalue weighted by Crippen LogP contribution is 2.46. The number of carboxylic acids is 1. The number of benzene rings is 1. The topological polar surface area (TPSA) is 45.5 Å². The van der Waals surface area contributed by atoms with Crippen LogP contribution in [0.1, 0.15) is 55.2 Å². The van der Waals surface area contributed by atoms with Crippen LogP contribution in [0.2, 0.25) is 0 Å². The molecule has 3 atom stereocenters. The Morgan fingerprint density at radius 3 is 2.80 bits per heavy atom. The molecule has 0 radical (unpaired) electrons. The van der Waals surface area contributed by atoms with Gasteiger partial charge in [-0.3, -0.25) is 4.79 Å². The maximum absolute atomic E-state index is 11.6. The van der Waals surface area contributed by atoms with Gasteiger partial charge in [-0.15, -0.1) is 0 Å². The number of fused-ring (bicyclic) bond motifs is 2. The molecule has 3 aliphatic rings. The summed E-state index contributed by atoms with van der Waals surface area (Å²) in [5, 5.41) is 11.0. The van der Waals surface area contributed by atoms with Gasteiger partial charge in [-0.2, -0.15) is 0 Å². The van der Waals surface area contributed by atoms with Crippen LogP contribution in [0.15, 0.2) is 24.4 Å². The minimum Gasteiger partial charge on any atom is -0.481 e. The van der Waals surface area contributed by atoms with E-state index in [1.165, 1.54) is 47.7 Å². The Bertz CT molecular complexity index is 834. The van der Waals surface area contributed by atoms with Gasteiger partial charge in [0.25, 0.3) is 0 Å². The number of piperidine rings is 1. The van der Waals surface area contributed by atoms with E-state index in [-0.39, 0.29) is 5.92 Å². The van der Waals surface area contributed by atoms with Gasteiger partial charge in [-0.25, -0.2) is 0 Å². The number of hydrogen-bond acceptors (Lipinski definition) is 2. The molecule has 0 amide bonds. The second-order valence-electron chi connectivity index (χ2n) is 8.33. The molecule has 1 aromatic carbocycles. The molecule has 1 N–H and O–H groups in total. The molecule has 2 aromatic rings. The predicted octanol–water partition coefficient (Wildman–Crippen LogP) is 3.80. The molecule has 2 heterocycles. The predicted molar refractivity (Wildman–Crippen MR) is 98.0 cm³/mol. The lowest BCUT2D eigenvalue weighted by molar-refractivity contribution is -0.144. The number of rotatable bonds is 2. The van der Waals surface area contributed by atoms with E-state index in [9.17, 15) is 9.90 Å². The summed E-state index contributed by atoms with van der Waals surface area (Å²) in [5.74, 6) is -0.553. The number of likely N-dealkylation sites (tertiary alicyclic amines) is 1. The molecule has 1 saturated carbocycles. The number of aliphatic carboxylic acids is 1. The fourth-order valence-electron chi connectivity index (χ4n) is 5.74. The number of carboxylic acid groups (broad SMARTS) is 1. The van der Waals surface area contributed by atoms with Crippen molar-refractivity contribution in [2.75, 3.05) is 13.6 Å². The third-order valence-electron chi connectivity index (χ3n) is 6.94. The molecular formula is C21H26N2O2. The van der Waals surface area contributed by atoms with Crippen molar-refractivity contribution < 1.29 is 9.90 Å². The first-order chi connectivity index (χ1) is 12.1. The molecule has 2 aliphatic carbocycles. The average Bonchev–Trinajstić information content (AvgIpc) is 3.24. The zero-order valence-electron chi connectivity index (χ0n) is 14.8. The van der Waals surface area contributed by atoms with Gasteiger partial charge < -0.3 is 14.6 Å². The molecule has 1 aliphatic heterocycles. The van der Waals surface area contributed by atoms with Crippen LogP contribution in [0.4, 0.5) is 0 Å². The van der Waals surface area contributed by atoms with Gasteiger partial charge in [0.05, 0.1) is 5.92 Å². The Morgan fingerprint density at radius 2 is 2.04 bits per heavy atom. The van der Waals surface area contributed by atoms with Crippen LogP contribution in [0, 0.1) is 5.92 Å². The zero-order valence-corrected chi connectivity index (χ0v) is 14.8. The first kappa shape index (κ1) is 15.4. The van der Waals surface area contributed by atoms with Crippen LogP contribution < -0.4 is 0 Å². The molecule has 2 unspecified atom stereocenters. The highest BCUT2D eigenvalue weighted by atomic mass is 16.4.